The van der Waals surface area contributed by atoms with Crippen LogP contribution in [0.1, 0.15) is 20.8 Å². The summed E-state index contributed by atoms with van der Waals surface area (Å²) < 4.78 is -0.504. The van der Waals surface area contributed by atoms with Crippen molar-refractivity contribution in [1.29, 1.82) is 0 Å². The van der Waals surface area contributed by atoms with E-state index in [4.69, 9.17) is 5.11 Å². The third-order valence-electron chi connectivity index (χ3n) is 3.24. The maximum Gasteiger partial charge on any atom is 0.327 e. The highest BCUT2D eigenvalue weighted by molar-refractivity contribution is 8.01. The molecule has 0 aromatic carbocycles. The first kappa shape index (κ1) is 11.7. The minimum absolute atomic E-state index is 0.191. The van der Waals surface area contributed by atoms with Gasteiger partial charge in [-0.15, -0.1) is 11.8 Å². The number of hydrogen-bond acceptors (Lipinski definition) is 4. The van der Waals surface area contributed by atoms with Crippen LogP contribution < -0.4 is 0 Å². The van der Waals surface area contributed by atoms with Gasteiger partial charge in [0.2, 0.25) is 5.91 Å². The minimum atomic E-state index is -0.975. The summed E-state index contributed by atoms with van der Waals surface area (Å²) in [6, 6.07) is -0.787. The van der Waals surface area contributed by atoms with E-state index in [2.05, 4.69) is 0 Å². The van der Waals surface area contributed by atoms with Crippen molar-refractivity contribution in [3.8, 4) is 0 Å². The quantitative estimate of drug-likeness (QED) is 0.676. The lowest BCUT2D eigenvalue weighted by atomic mass is 9.88. The highest BCUT2D eigenvalue weighted by atomic mass is 32.2. The molecule has 2 N–H and O–H groups in total. The molecule has 2 aliphatic rings. The molecule has 0 radical (unpaired) electrons. The lowest BCUT2D eigenvalue weighted by Crippen LogP contribution is -2.65. The average Bonchev–Trinajstić information content (AvgIpc) is 2.33. The normalized spacial score (nSPS) is 37.9. The molecule has 0 aliphatic carbocycles. The maximum atomic E-state index is 11.8. The standard InChI is InChI=1S/C10H15NO4S/c1-4(12)5-7(13)11-6(9(14)15)10(2,3)16-8(5)11/h4-6,8,12H,1-3H3,(H,14,15)/t4?,5-,6+,8-/m1/s1. The molecule has 2 fully saturated rings. The molecule has 0 aromatic heterocycles. The largest absolute Gasteiger partial charge is 0.480 e. The van der Waals surface area contributed by atoms with Crippen LogP contribution in [0.2, 0.25) is 0 Å². The zero-order valence-electron chi connectivity index (χ0n) is 9.38. The number of thioether (sulfide) groups is 1. The van der Waals surface area contributed by atoms with Crippen molar-refractivity contribution in [1.82, 2.24) is 4.90 Å². The highest BCUT2D eigenvalue weighted by Gasteiger charge is 2.64. The van der Waals surface area contributed by atoms with Gasteiger partial charge in [0.1, 0.15) is 6.04 Å². The van der Waals surface area contributed by atoms with Crippen molar-refractivity contribution in [2.24, 2.45) is 5.92 Å². The van der Waals surface area contributed by atoms with Crippen LogP contribution in [-0.4, -0.2) is 49.3 Å². The van der Waals surface area contributed by atoms with Crippen molar-refractivity contribution in [3.63, 3.8) is 0 Å². The molecule has 2 heterocycles. The van der Waals surface area contributed by atoms with E-state index in [1.165, 1.54) is 16.7 Å². The monoisotopic (exact) mass is 245 g/mol. The number of rotatable bonds is 2. The Morgan fingerprint density at radius 1 is 1.56 bits per heavy atom. The van der Waals surface area contributed by atoms with Crippen LogP contribution in [0.5, 0.6) is 0 Å². The molecule has 90 valence electrons. The molecule has 16 heavy (non-hydrogen) atoms. The van der Waals surface area contributed by atoms with E-state index >= 15 is 0 Å². The van der Waals surface area contributed by atoms with Crippen LogP contribution in [0.3, 0.4) is 0 Å². The zero-order valence-corrected chi connectivity index (χ0v) is 10.2. The second-order valence-corrected chi connectivity index (χ2v) is 6.64. The fourth-order valence-electron chi connectivity index (χ4n) is 2.49. The van der Waals surface area contributed by atoms with Crippen molar-refractivity contribution >= 4 is 23.6 Å². The summed E-state index contributed by atoms with van der Waals surface area (Å²) in [7, 11) is 0. The second kappa shape index (κ2) is 3.37. The maximum absolute atomic E-state index is 11.8. The Bertz CT molecular complexity index is 355. The Hall–Kier alpha value is -0.750. The van der Waals surface area contributed by atoms with E-state index in [1.54, 1.807) is 6.92 Å². The molecule has 0 bridgehead atoms. The number of carboxylic acid groups (broad SMARTS) is 1. The van der Waals surface area contributed by atoms with Crippen LogP contribution in [0, 0.1) is 5.92 Å². The van der Waals surface area contributed by atoms with Gasteiger partial charge in [-0.25, -0.2) is 4.79 Å². The summed E-state index contributed by atoms with van der Waals surface area (Å²) in [6.45, 7) is 5.21. The van der Waals surface area contributed by atoms with E-state index in [0.717, 1.165) is 0 Å². The summed E-state index contributed by atoms with van der Waals surface area (Å²) in [5, 5.41) is 18.4. The highest BCUT2D eigenvalue weighted by Crippen LogP contribution is 2.53. The number of β-lactam (4-membered cyclic amide) rings is 1. The molecule has 0 saturated carbocycles. The number of aliphatic carboxylic acids is 1. The molecule has 2 saturated heterocycles. The summed E-state index contributed by atoms with van der Waals surface area (Å²) >= 11 is 1.46. The van der Waals surface area contributed by atoms with E-state index in [-0.39, 0.29) is 11.3 Å². The van der Waals surface area contributed by atoms with Gasteiger partial charge >= 0.3 is 5.97 Å². The number of carbonyl (C=O) groups is 2. The zero-order chi connectivity index (χ0) is 12.2. The number of amides is 1. The molecular formula is C10H15NO4S. The summed E-state index contributed by atoms with van der Waals surface area (Å²) in [5.74, 6) is -1.67. The van der Waals surface area contributed by atoms with Gasteiger partial charge < -0.3 is 15.1 Å². The van der Waals surface area contributed by atoms with Gasteiger partial charge in [-0.1, -0.05) is 0 Å². The number of nitrogens with zero attached hydrogens (tertiary/aromatic N) is 1. The van der Waals surface area contributed by atoms with Crippen LogP contribution >= 0.6 is 11.8 Å². The van der Waals surface area contributed by atoms with Crippen LogP contribution in [0.25, 0.3) is 0 Å². The van der Waals surface area contributed by atoms with Crippen LogP contribution in [0.4, 0.5) is 0 Å². The molecule has 1 amide bonds. The Labute approximate surface area is 97.8 Å². The first-order valence-corrected chi connectivity index (χ1v) is 6.06. The summed E-state index contributed by atoms with van der Waals surface area (Å²) in [6.07, 6.45) is -0.718. The second-order valence-electron chi connectivity index (χ2n) is 4.86. The average molecular weight is 245 g/mol. The summed E-state index contributed by atoms with van der Waals surface area (Å²) in [5.41, 5.74) is 0. The van der Waals surface area contributed by atoms with E-state index in [1.807, 2.05) is 13.8 Å². The van der Waals surface area contributed by atoms with Gasteiger partial charge in [0.25, 0.3) is 0 Å². The van der Waals surface area contributed by atoms with E-state index < -0.39 is 28.8 Å². The predicted octanol–water partition coefficient (Wildman–Crippen LogP) is 0.130. The van der Waals surface area contributed by atoms with Crippen LogP contribution in [-0.2, 0) is 9.59 Å². The third kappa shape index (κ3) is 1.36. The molecule has 1 unspecified atom stereocenters. The van der Waals surface area contributed by atoms with Gasteiger partial charge in [0, 0.05) is 4.75 Å². The van der Waals surface area contributed by atoms with Gasteiger partial charge in [-0.3, -0.25) is 4.79 Å². The summed E-state index contributed by atoms with van der Waals surface area (Å²) in [4.78, 5) is 24.3. The Morgan fingerprint density at radius 3 is 2.56 bits per heavy atom. The molecule has 2 aliphatic heterocycles. The number of aliphatic hydroxyl groups excluding tert-OH is 1. The van der Waals surface area contributed by atoms with Gasteiger partial charge in [0.05, 0.1) is 17.4 Å². The molecule has 0 aromatic rings. The number of hydrogen-bond donors (Lipinski definition) is 2. The SMILES string of the molecule is CC(O)[C@@H]1C(=O)N2[C@@H]1SC(C)(C)[C@@H]2C(=O)O. The minimum Gasteiger partial charge on any atom is -0.480 e. The number of carbonyl (C=O) groups excluding carboxylic acids is 1. The van der Waals surface area contributed by atoms with Gasteiger partial charge in [0.15, 0.2) is 0 Å². The number of carboxylic acids is 1. The first-order valence-electron chi connectivity index (χ1n) is 5.18. The first-order chi connectivity index (χ1) is 7.27. The third-order valence-corrected chi connectivity index (χ3v) is 4.83. The molecule has 5 nitrogen and oxygen atoms in total. The Balaban J connectivity index is 2.28. The van der Waals surface area contributed by atoms with Crippen molar-refractivity contribution in [2.75, 3.05) is 0 Å². The van der Waals surface area contributed by atoms with E-state index in [0.29, 0.717) is 0 Å². The topological polar surface area (TPSA) is 77.8 Å². The molecule has 4 atom stereocenters. The Morgan fingerprint density at radius 2 is 2.12 bits per heavy atom. The fourth-order valence-corrected chi connectivity index (χ4v) is 4.28. The smallest absolute Gasteiger partial charge is 0.327 e. The van der Waals surface area contributed by atoms with E-state index in [9.17, 15) is 14.7 Å². The van der Waals surface area contributed by atoms with Gasteiger partial charge in [-0.2, -0.15) is 0 Å². The predicted molar refractivity (Wildman–Crippen MR) is 58.9 cm³/mol. The molecule has 2 rings (SSSR count). The number of fused-ring (bicyclic) bond motifs is 1. The molecular weight excluding hydrogens is 230 g/mol. The van der Waals surface area contributed by atoms with Crippen molar-refractivity contribution in [2.45, 2.75) is 43.0 Å². The van der Waals surface area contributed by atoms with Gasteiger partial charge in [-0.05, 0) is 20.8 Å². The molecule has 0 spiro atoms. The lowest BCUT2D eigenvalue weighted by molar-refractivity contribution is -0.168. The fraction of sp³-hybridized carbons (Fsp3) is 0.800. The molecule has 6 heteroatoms. The van der Waals surface area contributed by atoms with Crippen molar-refractivity contribution in [3.05, 3.63) is 0 Å². The lowest BCUT2D eigenvalue weighted by Gasteiger charge is -2.44. The van der Waals surface area contributed by atoms with Crippen LogP contribution in [0.15, 0.2) is 0 Å². The Kier molecular flexibility index (Phi) is 2.47. The van der Waals surface area contributed by atoms with Crippen molar-refractivity contribution < 1.29 is 19.8 Å². The number of aliphatic hydroxyl groups is 1.